The maximum absolute atomic E-state index is 12.6. The minimum Gasteiger partial charge on any atom is -0.337 e. The van der Waals surface area contributed by atoms with Gasteiger partial charge in [-0.2, -0.15) is 0 Å². The van der Waals surface area contributed by atoms with Crippen molar-refractivity contribution < 1.29 is 4.79 Å². The predicted molar refractivity (Wildman–Crippen MR) is 117 cm³/mol. The van der Waals surface area contributed by atoms with Gasteiger partial charge in [0.2, 0.25) is 0 Å². The third-order valence-electron chi connectivity index (χ3n) is 6.36. The molecule has 0 unspecified atom stereocenters. The molecule has 0 aliphatic carbocycles. The molecule has 29 heavy (non-hydrogen) atoms. The van der Waals surface area contributed by atoms with Crippen molar-refractivity contribution in [2.45, 2.75) is 19.4 Å². The van der Waals surface area contributed by atoms with E-state index in [4.69, 9.17) is 0 Å². The molecule has 0 saturated carbocycles. The Balaban J connectivity index is 1.20. The van der Waals surface area contributed by atoms with E-state index in [2.05, 4.69) is 64.5 Å². The van der Waals surface area contributed by atoms with Gasteiger partial charge in [-0.3, -0.25) is 9.69 Å². The Morgan fingerprint density at radius 2 is 1.72 bits per heavy atom. The third kappa shape index (κ3) is 3.85. The van der Waals surface area contributed by atoms with Crippen molar-refractivity contribution >= 4 is 17.2 Å². The Labute approximate surface area is 175 Å². The van der Waals surface area contributed by atoms with Gasteiger partial charge in [0.1, 0.15) is 5.69 Å². The quantitative estimate of drug-likeness (QED) is 0.641. The van der Waals surface area contributed by atoms with E-state index in [0.29, 0.717) is 5.69 Å². The summed E-state index contributed by atoms with van der Waals surface area (Å²) in [5, 5.41) is 1.85. The molecule has 5 heteroatoms. The van der Waals surface area contributed by atoms with Crippen molar-refractivity contribution in [1.29, 1.82) is 0 Å². The molecule has 5 rings (SSSR count). The summed E-state index contributed by atoms with van der Waals surface area (Å²) >= 11 is 1.48. The topological polar surface area (TPSA) is 36.4 Å². The molecule has 2 aliphatic rings. The van der Waals surface area contributed by atoms with E-state index < -0.39 is 0 Å². The van der Waals surface area contributed by atoms with Crippen molar-refractivity contribution in [2.24, 2.45) is 5.41 Å². The van der Waals surface area contributed by atoms with Crippen molar-refractivity contribution in [2.75, 3.05) is 26.2 Å². The normalized spacial score (nSPS) is 21.9. The highest BCUT2D eigenvalue weighted by Crippen LogP contribution is 2.40. The van der Waals surface area contributed by atoms with Gasteiger partial charge >= 0.3 is 0 Å². The standard InChI is InChI=1S/C24H25N3OS/c28-23(22-15-29-18-25-22)27-13-11-24(17-27)10-12-26(16-24)14-19-6-8-21(9-7-19)20-4-2-1-3-5-20/h1-9,15,18H,10-14,16-17H2/t24-/m1/s1. The van der Waals surface area contributed by atoms with E-state index >= 15 is 0 Å². The summed E-state index contributed by atoms with van der Waals surface area (Å²) in [6.07, 6.45) is 2.28. The van der Waals surface area contributed by atoms with Gasteiger partial charge in [-0.25, -0.2) is 4.98 Å². The van der Waals surface area contributed by atoms with Crippen molar-refractivity contribution in [3.05, 3.63) is 76.7 Å². The van der Waals surface area contributed by atoms with Crippen LogP contribution >= 0.6 is 11.3 Å². The molecule has 148 valence electrons. The molecule has 0 radical (unpaired) electrons. The average Bonchev–Trinajstić information content (AvgIpc) is 3.51. The Morgan fingerprint density at radius 3 is 2.48 bits per heavy atom. The first-order valence-electron chi connectivity index (χ1n) is 10.3. The van der Waals surface area contributed by atoms with Crippen LogP contribution in [0.1, 0.15) is 28.9 Å². The van der Waals surface area contributed by atoms with E-state index in [1.807, 2.05) is 10.3 Å². The number of rotatable bonds is 4. The minimum absolute atomic E-state index is 0.0954. The number of carbonyl (C=O) groups is 1. The second-order valence-electron chi connectivity index (χ2n) is 8.37. The molecule has 3 heterocycles. The van der Waals surface area contributed by atoms with Crippen LogP contribution in [0.2, 0.25) is 0 Å². The number of carbonyl (C=O) groups excluding carboxylic acids is 1. The molecule has 4 nitrogen and oxygen atoms in total. The first-order chi connectivity index (χ1) is 14.2. The minimum atomic E-state index is 0.0954. The number of likely N-dealkylation sites (tertiary alicyclic amines) is 2. The predicted octanol–water partition coefficient (Wildman–Crippen LogP) is 4.55. The Kier molecular flexibility index (Phi) is 4.94. The zero-order valence-corrected chi connectivity index (χ0v) is 17.3. The molecule has 2 saturated heterocycles. The van der Waals surface area contributed by atoms with Crippen LogP contribution < -0.4 is 0 Å². The Hall–Kier alpha value is -2.50. The van der Waals surface area contributed by atoms with E-state index in [0.717, 1.165) is 39.1 Å². The SMILES string of the molecule is O=C(c1cscn1)N1CC[C@@]2(CCN(Cc3ccc(-c4ccccc4)cc3)C2)C1. The fraction of sp³-hybridized carbons (Fsp3) is 0.333. The highest BCUT2D eigenvalue weighted by atomic mass is 32.1. The smallest absolute Gasteiger partial charge is 0.273 e. The van der Waals surface area contributed by atoms with E-state index in [9.17, 15) is 4.79 Å². The average molecular weight is 404 g/mol. The number of hydrogen-bond donors (Lipinski definition) is 0. The van der Waals surface area contributed by atoms with Crippen molar-refractivity contribution in [3.63, 3.8) is 0 Å². The van der Waals surface area contributed by atoms with Crippen LogP contribution in [-0.4, -0.2) is 46.9 Å². The summed E-state index contributed by atoms with van der Waals surface area (Å²) in [5.74, 6) is 0.0954. The first-order valence-corrected chi connectivity index (χ1v) is 11.2. The van der Waals surface area contributed by atoms with Crippen LogP contribution in [-0.2, 0) is 6.54 Å². The molecule has 1 amide bonds. The maximum Gasteiger partial charge on any atom is 0.273 e. The molecule has 1 spiro atoms. The van der Waals surface area contributed by atoms with Crippen LogP contribution in [0.5, 0.6) is 0 Å². The molecule has 0 N–H and O–H groups in total. The summed E-state index contributed by atoms with van der Waals surface area (Å²) in [7, 11) is 0. The monoisotopic (exact) mass is 403 g/mol. The van der Waals surface area contributed by atoms with E-state index in [1.54, 1.807) is 5.51 Å². The largest absolute Gasteiger partial charge is 0.337 e. The van der Waals surface area contributed by atoms with Crippen LogP contribution in [0.15, 0.2) is 65.5 Å². The van der Waals surface area contributed by atoms with Gasteiger partial charge in [0.05, 0.1) is 5.51 Å². The van der Waals surface area contributed by atoms with Gasteiger partial charge in [-0.05, 0) is 36.1 Å². The zero-order chi connectivity index (χ0) is 19.7. The Bertz CT molecular complexity index is 971. The molecule has 2 aliphatic heterocycles. The molecular formula is C24H25N3OS. The lowest BCUT2D eigenvalue weighted by atomic mass is 9.86. The molecule has 2 fully saturated rings. The lowest BCUT2D eigenvalue weighted by Gasteiger charge is -2.24. The third-order valence-corrected chi connectivity index (χ3v) is 6.95. The summed E-state index contributed by atoms with van der Waals surface area (Å²) in [5.41, 5.74) is 6.47. The maximum atomic E-state index is 12.6. The van der Waals surface area contributed by atoms with Gasteiger partial charge < -0.3 is 4.90 Å². The summed E-state index contributed by atoms with van der Waals surface area (Å²) < 4.78 is 0. The van der Waals surface area contributed by atoms with Gasteiger partial charge in [0, 0.05) is 37.0 Å². The van der Waals surface area contributed by atoms with E-state index in [-0.39, 0.29) is 11.3 Å². The Morgan fingerprint density at radius 1 is 0.966 bits per heavy atom. The molecule has 3 aromatic rings. The fourth-order valence-corrected chi connectivity index (χ4v) is 5.30. The van der Waals surface area contributed by atoms with Crippen LogP contribution in [0.3, 0.4) is 0 Å². The molecule has 1 aromatic heterocycles. The van der Waals surface area contributed by atoms with E-state index in [1.165, 1.54) is 34.4 Å². The molecule has 1 atom stereocenters. The number of nitrogens with zero attached hydrogens (tertiary/aromatic N) is 3. The van der Waals surface area contributed by atoms with Crippen molar-refractivity contribution in [3.8, 4) is 11.1 Å². The number of hydrogen-bond acceptors (Lipinski definition) is 4. The van der Waals surface area contributed by atoms with Crippen LogP contribution in [0.4, 0.5) is 0 Å². The van der Waals surface area contributed by atoms with Crippen LogP contribution in [0, 0.1) is 5.41 Å². The highest BCUT2D eigenvalue weighted by molar-refractivity contribution is 7.07. The molecular weight excluding hydrogens is 378 g/mol. The van der Waals surface area contributed by atoms with Gasteiger partial charge in [-0.1, -0.05) is 54.6 Å². The lowest BCUT2D eigenvalue weighted by molar-refractivity contribution is 0.0768. The van der Waals surface area contributed by atoms with Crippen molar-refractivity contribution in [1.82, 2.24) is 14.8 Å². The van der Waals surface area contributed by atoms with Gasteiger partial charge in [0.25, 0.3) is 5.91 Å². The lowest BCUT2D eigenvalue weighted by Crippen LogP contribution is -2.34. The molecule has 2 aromatic carbocycles. The number of benzene rings is 2. The second-order valence-corrected chi connectivity index (χ2v) is 9.09. The summed E-state index contributed by atoms with van der Waals surface area (Å²) in [6, 6.07) is 19.5. The highest BCUT2D eigenvalue weighted by Gasteiger charge is 2.44. The van der Waals surface area contributed by atoms with Gasteiger partial charge in [-0.15, -0.1) is 11.3 Å². The summed E-state index contributed by atoms with van der Waals surface area (Å²) in [6.45, 7) is 4.90. The number of aromatic nitrogens is 1. The first kappa shape index (κ1) is 18.5. The zero-order valence-electron chi connectivity index (χ0n) is 16.5. The molecule has 0 bridgehead atoms. The summed E-state index contributed by atoms with van der Waals surface area (Å²) in [4.78, 5) is 21.4. The van der Waals surface area contributed by atoms with Gasteiger partial charge in [0.15, 0.2) is 0 Å². The number of thiazole rings is 1. The fourth-order valence-electron chi connectivity index (χ4n) is 4.78. The second kappa shape index (κ2) is 7.73. The number of amides is 1. The van der Waals surface area contributed by atoms with Crippen LogP contribution in [0.25, 0.3) is 11.1 Å².